The minimum absolute atomic E-state index is 0.608. The van der Waals surface area contributed by atoms with E-state index in [0.29, 0.717) is 5.92 Å². The van der Waals surface area contributed by atoms with Gasteiger partial charge in [-0.15, -0.1) is 0 Å². The van der Waals surface area contributed by atoms with Gasteiger partial charge in [0.05, 0.1) is 5.69 Å². The second kappa shape index (κ2) is 6.00. The van der Waals surface area contributed by atoms with Crippen molar-refractivity contribution in [2.24, 2.45) is 0 Å². The van der Waals surface area contributed by atoms with Crippen molar-refractivity contribution in [3.63, 3.8) is 0 Å². The van der Waals surface area contributed by atoms with E-state index in [2.05, 4.69) is 12.2 Å². The van der Waals surface area contributed by atoms with Gasteiger partial charge in [-0.2, -0.15) is 0 Å². The Balaban J connectivity index is 1.86. The van der Waals surface area contributed by atoms with Crippen LogP contribution in [0.15, 0.2) is 0 Å². The third kappa shape index (κ3) is 2.81. The Bertz CT molecular complexity index is 434. The van der Waals surface area contributed by atoms with Crippen LogP contribution in [0.1, 0.15) is 80.6 Å². The smallest absolute Gasteiger partial charge is 0.132 e. The first-order chi connectivity index (χ1) is 9.38. The zero-order valence-electron chi connectivity index (χ0n) is 12.0. The Morgan fingerprint density at radius 1 is 1.00 bits per heavy atom. The summed E-state index contributed by atoms with van der Waals surface area (Å²) in [6, 6.07) is 0. The second-order valence-electron chi connectivity index (χ2n) is 5.95. The molecule has 1 aliphatic heterocycles. The molecule has 3 rings (SSSR count). The molecule has 0 saturated heterocycles. The first-order valence-corrected chi connectivity index (χ1v) is 7.97. The lowest BCUT2D eigenvalue weighted by atomic mass is 9.90. The molecule has 0 radical (unpaired) electrons. The summed E-state index contributed by atoms with van der Waals surface area (Å²) >= 11 is 0. The standard InChI is InChI=1S/C16H25N3/c1-2-14-13-10-17-11-15(13)19-16(18-14)12-8-6-4-3-5-7-9-12/h12,17H,2-11H2,1H3. The molecule has 104 valence electrons. The Labute approximate surface area is 116 Å². The molecule has 0 amide bonds. The van der Waals surface area contributed by atoms with Crippen molar-refractivity contribution >= 4 is 0 Å². The predicted molar refractivity (Wildman–Crippen MR) is 77.0 cm³/mol. The normalized spacial score (nSPS) is 20.9. The SMILES string of the molecule is CCc1nc(C2CCCCCCC2)nc2c1CNC2. The molecule has 3 heteroatoms. The first-order valence-electron chi connectivity index (χ1n) is 7.97. The Hall–Kier alpha value is -0.960. The van der Waals surface area contributed by atoms with Crippen LogP contribution in [-0.2, 0) is 19.5 Å². The maximum atomic E-state index is 4.91. The lowest BCUT2D eigenvalue weighted by Gasteiger charge is -2.19. The minimum atomic E-state index is 0.608. The van der Waals surface area contributed by atoms with E-state index in [1.165, 1.54) is 61.9 Å². The van der Waals surface area contributed by atoms with Gasteiger partial charge in [-0.3, -0.25) is 0 Å². The van der Waals surface area contributed by atoms with Gasteiger partial charge in [0.1, 0.15) is 5.82 Å². The number of hydrogen-bond donors (Lipinski definition) is 1. The van der Waals surface area contributed by atoms with E-state index in [-0.39, 0.29) is 0 Å². The molecule has 1 aromatic heterocycles. The fourth-order valence-corrected chi connectivity index (χ4v) is 3.45. The van der Waals surface area contributed by atoms with Gasteiger partial charge in [0.15, 0.2) is 0 Å². The third-order valence-corrected chi connectivity index (χ3v) is 4.60. The molecule has 1 saturated carbocycles. The van der Waals surface area contributed by atoms with Crippen LogP contribution in [0.4, 0.5) is 0 Å². The lowest BCUT2D eigenvalue weighted by Crippen LogP contribution is -2.11. The fraction of sp³-hybridized carbons (Fsp3) is 0.750. The lowest BCUT2D eigenvalue weighted by molar-refractivity contribution is 0.440. The molecule has 19 heavy (non-hydrogen) atoms. The number of hydrogen-bond acceptors (Lipinski definition) is 3. The summed E-state index contributed by atoms with van der Waals surface area (Å²) in [5, 5.41) is 3.41. The maximum Gasteiger partial charge on any atom is 0.132 e. The predicted octanol–water partition coefficient (Wildman–Crippen LogP) is 3.47. The van der Waals surface area contributed by atoms with Crippen LogP contribution < -0.4 is 5.32 Å². The van der Waals surface area contributed by atoms with E-state index in [1.54, 1.807) is 0 Å². The van der Waals surface area contributed by atoms with Gasteiger partial charge >= 0.3 is 0 Å². The molecular formula is C16H25N3. The number of fused-ring (bicyclic) bond motifs is 1. The number of aromatic nitrogens is 2. The van der Waals surface area contributed by atoms with Crippen molar-refractivity contribution in [2.75, 3.05) is 0 Å². The molecular weight excluding hydrogens is 234 g/mol. The molecule has 2 heterocycles. The van der Waals surface area contributed by atoms with Crippen molar-refractivity contribution in [1.29, 1.82) is 0 Å². The molecule has 1 N–H and O–H groups in total. The summed E-state index contributed by atoms with van der Waals surface area (Å²) in [5.74, 6) is 1.75. The van der Waals surface area contributed by atoms with Gasteiger partial charge in [0.2, 0.25) is 0 Å². The number of rotatable bonds is 2. The second-order valence-corrected chi connectivity index (χ2v) is 5.95. The van der Waals surface area contributed by atoms with Crippen LogP contribution in [0.25, 0.3) is 0 Å². The molecule has 0 atom stereocenters. The molecule has 2 aliphatic rings. The van der Waals surface area contributed by atoms with Gasteiger partial charge in [-0.05, 0) is 19.3 Å². The maximum absolute atomic E-state index is 4.91. The molecule has 1 fully saturated rings. The van der Waals surface area contributed by atoms with Crippen molar-refractivity contribution in [3.8, 4) is 0 Å². The molecule has 0 aromatic carbocycles. The molecule has 1 aromatic rings. The monoisotopic (exact) mass is 259 g/mol. The van der Waals surface area contributed by atoms with Crippen molar-refractivity contribution in [2.45, 2.75) is 77.3 Å². The molecule has 3 nitrogen and oxygen atoms in total. The summed E-state index contributed by atoms with van der Waals surface area (Å²) in [4.78, 5) is 9.79. The van der Waals surface area contributed by atoms with Crippen LogP contribution in [-0.4, -0.2) is 9.97 Å². The summed E-state index contributed by atoms with van der Waals surface area (Å²) in [7, 11) is 0. The average molecular weight is 259 g/mol. The van der Waals surface area contributed by atoms with Gasteiger partial charge in [-0.25, -0.2) is 9.97 Å². The molecule has 0 bridgehead atoms. The molecule has 0 unspecified atom stereocenters. The number of nitrogens with one attached hydrogen (secondary N) is 1. The summed E-state index contributed by atoms with van der Waals surface area (Å²) < 4.78 is 0. The molecule has 1 aliphatic carbocycles. The zero-order chi connectivity index (χ0) is 13.1. The van der Waals surface area contributed by atoms with E-state index < -0.39 is 0 Å². The highest BCUT2D eigenvalue weighted by atomic mass is 15.0. The van der Waals surface area contributed by atoms with Gasteiger partial charge in [-0.1, -0.05) is 39.0 Å². The van der Waals surface area contributed by atoms with Gasteiger partial charge in [0.25, 0.3) is 0 Å². The highest BCUT2D eigenvalue weighted by Gasteiger charge is 2.22. The minimum Gasteiger partial charge on any atom is -0.307 e. The van der Waals surface area contributed by atoms with Crippen LogP contribution in [0.2, 0.25) is 0 Å². The fourth-order valence-electron chi connectivity index (χ4n) is 3.45. The highest BCUT2D eigenvalue weighted by molar-refractivity contribution is 5.30. The van der Waals surface area contributed by atoms with Crippen LogP contribution in [0.3, 0.4) is 0 Å². The van der Waals surface area contributed by atoms with E-state index in [9.17, 15) is 0 Å². The van der Waals surface area contributed by atoms with Crippen molar-refractivity contribution < 1.29 is 0 Å². The van der Waals surface area contributed by atoms with E-state index in [1.807, 2.05) is 0 Å². The van der Waals surface area contributed by atoms with Crippen LogP contribution in [0.5, 0.6) is 0 Å². The highest BCUT2D eigenvalue weighted by Crippen LogP contribution is 2.30. The number of nitrogens with zero attached hydrogens (tertiary/aromatic N) is 2. The first kappa shape index (κ1) is 13.0. The van der Waals surface area contributed by atoms with Gasteiger partial charge in [0, 0.05) is 30.3 Å². The van der Waals surface area contributed by atoms with Gasteiger partial charge < -0.3 is 5.32 Å². The Morgan fingerprint density at radius 3 is 2.47 bits per heavy atom. The van der Waals surface area contributed by atoms with E-state index in [4.69, 9.17) is 9.97 Å². The van der Waals surface area contributed by atoms with Crippen LogP contribution >= 0.6 is 0 Å². The van der Waals surface area contributed by atoms with E-state index >= 15 is 0 Å². The summed E-state index contributed by atoms with van der Waals surface area (Å²) in [6.07, 6.45) is 10.5. The zero-order valence-corrected chi connectivity index (χ0v) is 12.0. The summed E-state index contributed by atoms with van der Waals surface area (Å²) in [6.45, 7) is 4.11. The van der Waals surface area contributed by atoms with E-state index in [0.717, 1.165) is 25.3 Å². The largest absolute Gasteiger partial charge is 0.307 e. The third-order valence-electron chi connectivity index (χ3n) is 4.60. The quantitative estimate of drug-likeness (QED) is 0.883. The average Bonchev–Trinajstić information content (AvgIpc) is 2.85. The Morgan fingerprint density at radius 2 is 1.74 bits per heavy atom. The molecule has 0 spiro atoms. The summed E-state index contributed by atoms with van der Waals surface area (Å²) in [5.41, 5.74) is 3.92. The topological polar surface area (TPSA) is 37.8 Å². The van der Waals surface area contributed by atoms with Crippen molar-refractivity contribution in [3.05, 3.63) is 22.8 Å². The van der Waals surface area contributed by atoms with Crippen LogP contribution in [0, 0.1) is 0 Å². The number of aryl methyl sites for hydroxylation is 1. The Kier molecular flexibility index (Phi) is 4.12. The van der Waals surface area contributed by atoms with Crippen molar-refractivity contribution in [1.82, 2.24) is 15.3 Å².